The van der Waals surface area contributed by atoms with Crippen molar-refractivity contribution in [1.29, 1.82) is 0 Å². The molecule has 0 bridgehead atoms. The minimum atomic E-state index is 0.383. The Bertz CT molecular complexity index is 159. The van der Waals surface area contributed by atoms with E-state index in [0.717, 1.165) is 11.8 Å². The quantitative estimate of drug-likeness (QED) is 0.742. The number of aliphatic hydroxyl groups is 1. The summed E-state index contributed by atoms with van der Waals surface area (Å²) in [6.45, 7) is 3.99. The third kappa shape index (κ3) is 2.61. The topological polar surface area (TPSA) is 23.5 Å². The Morgan fingerprint density at radius 3 is 2.92 bits per heavy atom. The highest BCUT2D eigenvalue weighted by Crippen LogP contribution is 2.28. The van der Waals surface area contributed by atoms with Crippen LogP contribution in [0.25, 0.3) is 0 Å². The summed E-state index contributed by atoms with van der Waals surface area (Å²) in [5.74, 6) is 1.92. The van der Waals surface area contributed by atoms with Crippen molar-refractivity contribution in [2.45, 2.75) is 24.5 Å². The molecule has 0 aromatic carbocycles. The van der Waals surface area contributed by atoms with Crippen molar-refractivity contribution in [3.05, 3.63) is 0 Å². The van der Waals surface area contributed by atoms with Gasteiger partial charge in [0.2, 0.25) is 0 Å². The fourth-order valence-electron chi connectivity index (χ4n) is 2.30. The molecule has 2 aliphatic heterocycles. The minimum absolute atomic E-state index is 0.383. The molecule has 2 fully saturated rings. The Kier molecular flexibility index (Phi) is 3.52. The van der Waals surface area contributed by atoms with Gasteiger partial charge in [0.05, 0.1) is 0 Å². The van der Waals surface area contributed by atoms with Crippen molar-refractivity contribution in [2.75, 3.05) is 32.0 Å². The van der Waals surface area contributed by atoms with Gasteiger partial charge in [0.25, 0.3) is 0 Å². The summed E-state index contributed by atoms with van der Waals surface area (Å²) >= 11 is 2.13. The summed E-state index contributed by atoms with van der Waals surface area (Å²) in [6.07, 6.45) is 4.02. The van der Waals surface area contributed by atoms with E-state index in [1.54, 1.807) is 0 Å². The van der Waals surface area contributed by atoms with E-state index in [-0.39, 0.29) is 0 Å². The van der Waals surface area contributed by atoms with Crippen LogP contribution in [0.4, 0.5) is 0 Å². The predicted molar refractivity (Wildman–Crippen MR) is 57.1 cm³/mol. The summed E-state index contributed by atoms with van der Waals surface area (Å²) in [7, 11) is 0. The van der Waals surface area contributed by atoms with Crippen LogP contribution in [0.15, 0.2) is 0 Å². The maximum absolute atomic E-state index is 9.01. The van der Waals surface area contributed by atoms with Gasteiger partial charge in [0, 0.05) is 24.9 Å². The number of rotatable bonds is 3. The van der Waals surface area contributed by atoms with Crippen LogP contribution in [0, 0.1) is 5.92 Å². The van der Waals surface area contributed by atoms with Crippen molar-refractivity contribution in [3.8, 4) is 0 Å². The number of hydrogen-bond donors (Lipinski definition) is 1. The number of likely N-dealkylation sites (tertiary alicyclic amines) is 1. The average molecular weight is 201 g/mol. The summed E-state index contributed by atoms with van der Waals surface area (Å²) in [6, 6.07) is 0. The van der Waals surface area contributed by atoms with E-state index in [9.17, 15) is 0 Å². The van der Waals surface area contributed by atoms with Crippen molar-refractivity contribution in [1.82, 2.24) is 4.90 Å². The fourth-order valence-corrected chi connectivity index (χ4v) is 3.62. The third-order valence-corrected chi connectivity index (χ3v) is 4.49. The summed E-state index contributed by atoms with van der Waals surface area (Å²) < 4.78 is 0. The summed E-state index contributed by atoms with van der Waals surface area (Å²) in [4.78, 5) is 2.53. The SMILES string of the molecule is OCC1CCN(CC2CCCS2)C1. The zero-order valence-electron chi connectivity index (χ0n) is 8.11. The number of hydrogen-bond acceptors (Lipinski definition) is 3. The van der Waals surface area contributed by atoms with Gasteiger partial charge in [-0.15, -0.1) is 0 Å². The highest BCUT2D eigenvalue weighted by molar-refractivity contribution is 8.00. The van der Waals surface area contributed by atoms with Crippen molar-refractivity contribution >= 4 is 11.8 Å². The maximum Gasteiger partial charge on any atom is 0.0471 e. The Morgan fingerprint density at radius 2 is 2.31 bits per heavy atom. The molecule has 2 saturated heterocycles. The van der Waals surface area contributed by atoms with Crippen LogP contribution in [0.2, 0.25) is 0 Å². The van der Waals surface area contributed by atoms with Gasteiger partial charge < -0.3 is 10.0 Å². The van der Waals surface area contributed by atoms with Crippen LogP contribution < -0.4 is 0 Å². The van der Waals surface area contributed by atoms with Crippen LogP contribution in [-0.4, -0.2) is 47.3 Å². The summed E-state index contributed by atoms with van der Waals surface area (Å²) in [5.41, 5.74) is 0. The van der Waals surface area contributed by atoms with E-state index >= 15 is 0 Å². The molecule has 2 atom stereocenters. The molecule has 3 heteroatoms. The molecule has 0 spiro atoms. The van der Waals surface area contributed by atoms with Gasteiger partial charge in [0.15, 0.2) is 0 Å². The molecule has 2 aliphatic rings. The van der Waals surface area contributed by atoms with E-state index in [1.165, 1.54) is 38.1 Å². The molecule has 0 radical (unpaired) electrons. The molecular weight excluding hydrogens is 182 g/mol. The van der Waals surface area contributed by atoms with E-state index in [2.05, 4.69) is 16.7 Å². The first kappa shape index (κ1) is 9.81. The van der Waals surface area contributed by atoms with Crippen LogP contribution in [0.1, 0.15) is 19.3 Å². The van der Waals surface area contributed by atoms with Gasteiger partial charge in [-0.1, -0.05) is 0 Å². The molecule has 0 aliphatic carbocycles. The summed E-state index contributed by atoms with van der Waals surface area (Å²) in [5, 5.41) is 9.90. The minimum Gasteiger partial charge on any atom is -0.396 e. The van der Waals surface area contributed by atoms with E-state index in [1.807, 2.05) is 0 Å². The first-order chi connectivity index (χ1) is 6.38. The smallest absolute Gasteiger partial charge is 0.0471 e. The van der Waals surface area contributed by atoms with E-state index < -0.39 is 0 Å². The molecule has 2 heterocycles. The van der Waals surface area contributed by atoms with Gasteiger partial charge in [-0.3, -0.25) is 0 Å². The molecular formula is C10H19NOS. The zero-order valence-corrected chi connectivity index (χ0v) is 8.93. The Labute approximate surface area is 84.7 Å². The molecule has 0 saturated carbocycles. The number of aliphatic hydroxyl groups excluding tert-OH is 1. The van der Waals surface area contributed by atoms with Gasteiger partial charge in [-0.25, -0.2) is 0 Å². The van der Waals surface area contributed by atoms with Crippen molar-refractivity contribution in [2.24, 2.45) is 5.92 Å². The first-order valence-electron chi connectivity index (χ1n) is 5.33. The highest BCUT2D eigenvalue weighted by Gasteiger charge is 2.25. The molecule has 13 heavy (non-hydrogen) atoms. The second-order valence-corrected chi connectivity index (χ2v) is 5.64. The lowest BCUT2D eigenvalue weighted by molar-refractivity contribution is 0.221. The molecule has 1 N–H and O–H groups in total. The van der Waals surface area contributed by atoms with Crippen LogP contribution in [0.5, 0.6) is 0 Å². The van der Waals surface area contributed by atoms with Crippen molar-refractivity contribution < 1.29 is 5.11 Å². The lowest BCUT2D eigenvalue weighted by Crippen LogP contribution is -2.28. The molecule has 0 aromatic heterocycles. The van der Waals surface area contributed by atoms with E-state index in [0.29, 0.717) is 12.5 Å². The highest BCUT2D eigenvalue weighted by atomic mass is 32.2. The molecule has 76 valence electrons. The lowest BCUT2D eigenvalue weighted by atomic mass is 10.1. The molecule has 0 amide bonds. The molecule has 2 rings (SSSR count). The predicted octanol–water partition coefficient (Wildman–Crippen LogP) is 1.20. The lowest BCUT2D eigenvalue weighted by Gasteiger charge is -2.19. The van der Waals surface area contributed by atoms with Crippen molar-refractivity contribution in [3.63, 3.8) is 0 Å². The van der Waals surface area contributed by atoms with Crippen LogP contribution in [0.3, 0.4) is 0 Å². The number of thioether (sulfide) groups is 1. The largest absolute Gasteiger partial charge is 0.396 e. The first-order valence-corrected chi connectivity index (χ1v) is 6.38. The second-order valence-electron chi connectivity index (χ2n) is 4.23. The van der Waals surface area contributed by atoms with Crippen LogP contribution in [-0.2, 0) is 0 Å². The molecule has 2 unspecified atom stereocenters. The standard InChI is InChI=1S/C10H19NOS/c12-8-9-3-4-11(6-9)7-10-2-1-5-13-10/h9-10,12H,1-8H2. The van der Waals surface area contributed by atoms with E-state index in [4.69, 9.17) is 5.11 Å². The van der Waals surface area contributed by atoms with Gasteiger partial charge >= 0.3 is 0 Å². The monoisotopic (exact) mass is 201 g/mol. The Balaban J connectivity index is 1.70. The van der Waals surface area contributed by atoms with Gasteiger partial charge in [-0.05, 0) is 37.5 Å². The third-order valence-electron chi connectivity index (χ3n) is 3.11. The number of nitrogens with zero attached hydrogens (tertiary/aromatic N) is 1. The Morgan fingerprint density at radius 1 is 1.38 bits per heavy atom. The fraction of sp³-hybridized carbons (Fsp3) is 1.00. The normalized spacial score (nSPS) is 35.8. The van der Waals surface area contributed by atoms with Crippen LogP contribution >= 0.6 is 11.8 Å². The Hall–Kier alpha value is 0.270. The molecule has 2 nitrogen and oxygen atoms in total. The molecule has 0 aromatic rings. The zero-order chi connectivity index (χ0) is 9.10. The van der Waals surface area contributed by atoms with Gasteiger partial charge in [-0.2, -0.15) is 11.8 Å². The average Bonchev–Trinajstić information content (AvgIpc) is 2.76. The van der Waals surface area contributed by atoms with Gasteiger partial charge in [0.1, 0.15) is 0 Å². The maximum atomic E-state index is 9.01. The second kappa shape index (κ2) is 4.67.